The molecule has 196 valence electrons. The SMILES string of the molecule is CCc1nc(C(=O)[C@H](CC)NC(=O)C(CC(=O)N2CCOCC2)CC(C)(C)Cc2ccccc2)no1. The molecule has 1 N–H and O–H groups in total. The average molecular weight is 499 g/mol. The smallest absolute Gasteiger partial charge is 0.240 e. The predicted molar refractivity (Wildman–Crippen MR) is 134 cm³/mol. The number of hydrogen-bond acceptors (Lipinski definition) is 7. The van der Waals surface area contributed by atoms with Crippen LogP contribution < -0.4 is 5.32 Å². The first-order valence-electron chi connectivity index (χ1n) is 12.8. The van der Waals surface area contributed by atoms with Crippen molar-refractivity contribution in [3.05, 3.63) is 47.6 Å². The summed E-state index contributed by atoms with van der Waals surface area (Å²) in [6.45, 7) is 9.92. The molecule has 0 aliphatic carbocycles. The van der Waals surface area contributed by atoms with Gasteiger partial charge in [-0.1, -0.05) is 63.2 Å². The lowest BCUT2D eigenvalue weighted by Crippen LogP contribution is -2.47. The highest BCUT2D eigenvalue weighted by atomic mass is 16.5. The van der Waals surface area contributed by atoms with Crippen molar-refractivity contribution in [2.45, 2.75) is 65.8 Å². The number of nitrogens with one attached hydrogen (secondary N) is 1. The van der Waals surface area contributed by atoms with Crippen molar-refractivity contribution in [2.24, 2.45) is 11.3 Å². The quantitative estimate of drug-likeness (QED) is 0.447. The fourth-order valence-electron chi connectivity index (χ4n) is 4.59. The summed E-state index contributed by atoms with van der Waals surface area (Å²) in [5.41, 5.74) is 0.927. The molecule has 2 atom stereocenters. The van der Waals surface area contributed by atoms with Gasteiger partial charge in [0.25, 0.3) is 0 Å². The summed E-state index contributed by atoms with van der Waals surface area (Å²) >= 11 is 0. The summed E-state index contributed by atoms with van der Waals surface area (Å²) < 4.78 is 10.4. The molecule has 0 radical (unpaired) electrons. The van der Waals surface area contributed by atoms with Gasteiger partial charge in [-0.25, -0.2) is 0 Å². The summed E-state index contributed by atoms with van der Waals surface area (Å²) in [7, 11) is 0. The molecule has 1 aromatic heterocycles. The van der Waals surface area contributed by atoms with E-state index in [4.69, 9.17) is 9.26 Å². The van der Waals surface area contributed by atoms with Gasteiger partial charge in [0.2, 0.25) is 29.3 Å². The number of carbonyl (C=O) groups is 3. The van der Waals surface area contributed by atoms with E-state index in [1.54, 1.807) is 4.90 Å². The number of hydrogen-bond donors (Lipinski definition) is 1. The second-order valence-electron chi connectivity index (χ2n) is 10.1. The lowest BCUT2D eigenvalue weighted by Gasteiger charge is -2.32. The van der Waals surface area contributed by atoms with Crippen LogP contribution in [0, 0.1) is 11.3 Å². The Hall–Kier alpha value is -3.07. The standard InChI is InChI=1S/C27H38N4O5/c1-5-21(24(33)25-29-22(6-2)36-30-25)28-26(34)20(16-23(32)31-12-14-35-15-13-31)18-27(3,4)17-19-10-8-7-9-11-19/h7-11,20-21H,5-6,12-18H2,1-4H3,(H,28,34)/t20?,21-/m0/s1. The lowest BCUT2D eigenvalue weighted by molar-refractivity contribution is -0.140. The van der Waals surface area contributed by atoms with Crippen LogP contribution in [0.25, 0.3) is 0 Å². The average Bonchev–Trinajstić information content (AvgIpc) is 3.36. The van der Waals surface area contributed by atoms with Gasteiger partial charge in [-0.3, -0.25) is 14.4 Å². The first-order chi connectivity index (χ1) is 17.2. The van der Waals surface area contributed by atoms with E-state index in [2.05, 4.69) is 41.4 Å². The number of rotatable bonds is 12. The van der Waals surface area contributed by atoms with Crippen molar-refractivity contribution in [2.75, 3.05) is 26.3 Å². The molecule has 9 nitrogen and oxygen atoms in total. The third-order valence-electron chi connectivity index (χ3n) is 6.51. The number of carbonyl (C=O) groups excluding carboxylic acids is 3. The first kappa shape index (κ1) is 27.5. The maximum atomic E-state index is 13.5. The Morgan fingerprint density at radius 1 is 1.11 bits per heavy atom. The zero-order chi connectivity index (χ0) is 26.1. The Morgan fingerprint density at radius 2 is 1.81 bits per heavy atom. The van der Waals surface area contributed by atoms with Crippen LogP contribution in [0.5, 0.6) is 0 Å². The van der Waals surface area contributed by atoms with E-state index in [1.165, 1.54) is 5.56 Å². The molecular formula is C27H38N4O5. The van der Waals surface area contributed by atoms with Gasteiger partial charge in [0.15, 0.2) is 0 Å². The highest BCUT2D eigenvalue weighted by Crippen LogP contribution is 2.32. The number of aryl methyl sites for hydroxylation is 1. The number of aromatic nitrogens is 2. The summed E-state index contributed by atoms with van der Waals surface area (Å²) in [6, 6.07) is 9.31. The molecular weight excluding hydrogens is 460 g/mol. The van der Waals surface area contributed by atoms with Crippen LogP contribution in [-0.4, -0.2) is 65.0 Å². The van der Waals surface area contributed by atoms with E-state index in [1.807, 2.05) is 32.0 Å². The van der Waals surface area contributed by atoms with E-state index < -0.39 is 17.7 Å². The van der Waals surface area contributed by atoms with Gasteiger partial charge in [0.1, 0.15) is 0 Å². The maximum absolute atomic E-state index is 13.5. The van der Waals surface area contributed by atoms with Crippen LogP contribution in [0.1, 0.15) is 69.0 Å². The normalized spacial score (nSPS) is 15.8. The Bertz CT molecular complexity index is 1010. The van der Waals surface area contributed by atoms with Crippen LogP contribution >= 0.6 is 0 Å². The van der Waals surface area contributed by atoms with E-state index >= 15 is 0 Å². The van der Waals surface area contributed by atoms with Gasteiger partial charge in [0, 0.05) is 31.8 Å². The molecule has 1 aliphatic heterocycles. The van der Waals surface area contributed by atoms with E-state index in [-0.39, 0.29) is 29.5 Å². The summed E-state index contributed by atoms with van der Waals surface area (Å²) in [4.78, 5) is 45.5. The van der Waals surface area contributed by atoms with Crippen molar-refractivity contribution >= 4 is 17.6 Å². The number of ketones is 1. The molecule has 1 saturated heterocycles. The fraction of sp³-hybridized carbons (Fsp3) is 0.593. The second-order valence-corrected chi connectivity index (χ2v) is 10.1. The van der Waals surface area contributed by atoms with Crippen molar-refractivity contribution in [3.8, 4) is 0 Å². The molecule has 2 amide bonds. The fourth-order valence-corrected chi connectivity index (χ4v) is 4.59. The van der Waals surface area contributed by atoms with Gasteiger partial charge in [-0.15, -0.1) is 0 Å². The summed E-state index contributed by atoms with van der Waals surface area (Å²) in [6.07, 6.45) is 2.24. The largest absolute Gasteiger partial charge is 0.378 e. The number of amides is 2. The molecule has 2 heterocycles. The number of ether oxygens (including phenoxy) is 1. The van der Waals surface area contributed by atoms with E-state index in [0.717, 1.165) is 6.42 Å². The number of nitrogens with zero attached hydrogens (tertiary/aromatic N) is 3. The maximum Gasteiger partial charge on any atom is 0.240 e. The molecule has 0 spiro atoms. The topological polar surface area (TPSA) is 115 Å². The Labute approximate surface area is 213 Å². The zero-order valence-electron chi connectivity index (χ0n) is 21.8. The number of morpholine rings is 1. The monoisotopic (exact) mass is 498 g/mol. The van der Waals surface area contributed by atoms with Gasteiger partial charge < -0.3 is 19.5 Å². The molecule has 0 bridgehead atoms. The minimum Gasteiger partial charge on any atom is -0.378 e. The summed E-state index contributed by atoms with van der Waals surface area (Å²) in [5.74, 6) is -1.02. The highest BCUT2D eigenvalue weighted by molar-refractivity contribution is 5.99. The van der Waals surface area contributed by atoms with Gasteiger partial charge >= 0.3 is 0 Å². The Morgan fingerprint density at radius 3 is 2.42 bits per heavy atom. The van der Waals surface area contributed by atoms with Crippen LogP contribution in [0.15, 0.2) is 34.9 Å². The minimum absolute atomic E-state index is 0.0376. The minimum atomic E-state index is -0.793. The zero-order valence-corrected chi connectivity index (χ0v) is 21.8. The molecule has 2 aromatic rings. The van der Waals surface area contributed by atoms with Crippen LogP contribution in [0.4, 0.5) is 0 Å². The molecule has 1 aromatic carbocycles. The highest BCUT2D eigenvalue weighted by Gasteiger charge is 2.34. The van der Waals surface area contributed by atoms with Gasteiger partial charge in [0.05, 0.1) is 19.3 Å². The molecule has 1 unspecified atom stereocenters. The van der Waals surface area contributed by atoms with Crippen LogP contribution in [0.3, 0.4) is 0 Å². The van der Waals surface area contributed by atoms with Crippen molar-refractivity contribution < 1.29 is 23.6 Å². The predicted octanol–water partition coefficient (Wildman–Crippen LogP) is 3.23. The van der Waals surface area contributed by atoms with Gasteiger partial charge in [-0.2, -0.15) is 4.98 Å². The van der Waals surface area contributed by atoms with Crippen molar-refractivity contribution in [3.63, 3.8) is 0 Å². The Balaban J connectivity index is 1.75. The second kappa shape index (κ2) is 12.8. The molecule has 0 saturated carbocycles. The molecule has 1 aliphatic rings. The number of benzene rings is 1. The van der Waals surface area contributed by atoms with Crippen molar-refractivity contribution in [1.82, 2.24) is 20.4 Å². The third kappa shape index (κ3) is 7.71. The van der Waals surface area contributed by atoms with Crippen LogP contribution in [-0.2, 0) is 27.2 Å². The lowest BCUT2D eigenvalue weighted by atomic mass is 9.76. The molecule has 9 heteroatoms. The number of Topliss-reactive ketones (excluding diaryl/α,β-unsaturated/α-hetero) is 1. The van der Waals surface area contributed by atoms with Crippen molar-refractivity contribution in [1.29, 1.82) is 0 Å². The summed E-state index contributed by atoms with van der Waals surface area (Å²) in [5, 5.41) is 6.65. The Kier molecular flexibility index (Phi) is 9.75. The molecule has 1 fully saturated rings. The van der Waals surface area contributed by atoms with Crippen LogP contribution in [0.2, 0.25) is 0 Å². The molecule has 3 rings (SSSR count). The first-order valence-corrected chi connectivity index (χ1v) is 12.8. The molecule has 36 heavy (non-hydrogen) atoms. The van der Waals surface area contributed by atoms with E-state index in [9.17, 15) is 14.4 Å². The van der Waals surface area contributed by atoms with E-state index in [0.29, 0.717) is 51.5 Å². The third-order valence-corrected chi connectivity index (χ3v) is 6.51. The van der Waals surface area contributed by atoms with Gasteiger partial charge in [-0.05, 0) is 30.2 Å².